The summed E-state index contributed by atoms with van der Waals surface area (Å²) in [7, 11) is 0.149. The quantitative estimate of drug-likeness (QED) is 0.720. The van der Waals surface area contributed by atoms with Gasteiger partial charge in [0, 0.05) is 26.1 Å². The van der Waals surface area contributed by atoms with Crippen LogP contribution in [0.5, 0.6) is 0 Å². The van der Waals surface area contributed by atoms with Gasteiger partial charge in [-0.3, -0.25) is 4.79 Å². The van der Waals surface area contributed by atoms with Crippen molar-refractivity contribution in [2.24, 2.45) is 5.73 Å². The van der Waals surface area contributed by atoms with E-state index < -0.39 is 15.4 Å². The van der Waals surface area contributed by atoms with Crippen molar-refractivity contribution in [2.45, 2.75) is 32.2 Å². The van der Waals surface area contributed by atoms with Gasteiger partial charge < -0.3 is 10.6 Å². The van der Waals surface area contributed by atoms with E-state index in [1.807, 2.05) is 0 Å². The van der Waals surface area contributed by atoms with Gasteiger partial charge in [-0.15, -0.1) is 0 Å². The monoisotopic (exact) mass is 250 g/mol. The zero-order chi connectivity index (χ0) is 13.0. The minimum atomic E-state index is -3.16. The van der Waals surface area contributed by atoms with E-state index in [4.69, 9.17) is 5.73 Å². The maximum Gasteiger partial charge on any atom is 0.222 e. The lowest BCUT2D eigenvalue weighted by molar-refractivity contribution is -0.128. The number of amides is 1. The third-order valence-electron chi connectivity index (χ3n) is 1.94. The summed E-state index contributed by atoms with van der Waals surface area (Å²) in [6.07, 6.45) is 0.618. The van der Waals surface area contributed by atoms with E-state index in [2.05, 4.69) is 0 Å². The van der Waals surface area contributed by atoms with Crippen LogP contribution in [-0.2, 0) is 14.6 Å². The van der Waals surface area contributed by atoms with Crippen LogP contribution in [0.4, 0.5) is 0 Å². The molecule has 0 saturated heterocycles. The summed E-state index contributed by atoms with van der Waals surface area (Å²) in [4.78, 5) is 12.7. The predicted octanol–water partition coefficient (Wildman–Crippen LogP) is 0.00690. The number of nitrogens with zero attached hydrogens (tertiary/aromatic N) is 1. The van der Waals surface area contributed by atoms with Crippen LogP contribution >= 0.6 is 0 Å². The molecular weight excluding hydrogens is 228 g/mol. The van der Waals surface area contributed by atoms with Crippen LogP contribution in [-0.4, -0.2) is 50.4 Å². The fourth-order valence-corrected chi connectivity index (χ4v) is 3.17. The molecule has 0 aliphatic carbocycles. The molecular formula is C10H22N2O3S. The lowest BCUT2D eigenvalue weighted by atomic mass is 10.1. The Kier molecular flexibility index (Phi) is 5.41. The highest BCUT2D eigenvalue weighted by Crippen LogP contribution is 2.06. The van der Waals surface area contributed by atoms with Gasteiger partial charge in [0.25, 0.3) is 0 Å². The van der Waals surface area contributed by atoms with Crippen LogP contribution in [0.15, 0.2) is 0 Å². The Bertz CT molecular complexity index is 328. The molecule has 0 saturated carbocycles. The van der Waals surface area contributed by atoms with Crippen molar-refractivity contribution in [3.8, 4) is 0 Å². The van der Waals surface area contributed by atoms with Crippen LogP contribution < -0.4 is 5.73 Å². The molecule has 96 valence electrons. The smallest absolute Gasteiger partial charge is 0.222 e. The van der Waals surface area contributed by atoms with Crippen molar-refractivity contribution in [2.75, 3.05) is 25.6 Å². The molecule has 16 heavy (non-hydrogen) atoms. The SMILES string of the molecule is CN(C)C(=O)CCCS(=O)(=O)CC(C)(C)N. The topological polar surface area (TPSA) is 80.5 Å². The number of carbonyl (C=O) groups excluding carboxylic acids is 1. The largest absolute Gasteiger partial charge is 0.349 e. The Morgan fingerprint density at radius 2 is 1.81 bits per heavy atom. The van der Waals surface area contributed by atoms with E-state index >= 15 is 0 Å². The van der Waals surface area contributed by atoms with Crippen LogP contribution in [0.3, 0.4) is 0 Å². The average molecular weight is 250 g/mol. The molecule has 5 nitrogen and oxygen atoms in total. The van der Waals surface area contributed by atoms with Gasteiger partial charge in [-0.2, -0.15) is 0 Å². The molecule has 0 atom stereocenters. The highest BCUT2D eigenvalue weighted by molar-refractivity contribution is 7.91. The molecule has 0 unspecified atom stereocenters. The van der Waals surface area contributed by atoms with Gasteiger partial charge in [-0.25, -0.2) is 8.42 Å². The highest BCUT2D eigenvalue weighted by atomic mass is 32.2. The number of sulfone groups is 1. The molecule has 2 N–H and O–H groups in total. The van der Waals surface area contributed by atoms with Gasteiger partial charge in [0.15, 0.2) is 9.84 Å². The summed E-state index contributed by atoms with van der Waals surface area (Å²) in [5.74, 6) is -0.0780. The number of hydrogen-bond acceptors (Lipinski definition) is 4. The highest BCUT2D eigenvalue weighted by Gasteiger charge is 2.21. The van der Waals surface area contributed by atoms with E-state index in [0.717, 1.165) is 0 Å². The number of rotatable bonds is 6. The second-order valence-electron chi connectivity index (χ2n) is 4.97. The molecule has 0 fully saturated rings. The summed E-state index contributed by atoms with van der Waals surface area (Å²) in [6, 6.07) is 0. The van der Waals surface area contributed by atoms with Gasteiger partial charge in [0.2, 0.25) is 5.91 Å². The Morgan fingerprint density at radius 3 is 2.19 bits per heavy atom. The van der Waals surface area contributed by atoms with E-state index in [9.17, 15) is 13.2 Å². The lowest BCUT2D eigenvalue weighted by Crippen LogP contribution is -2.40. The normalized spacial score (nSPS) is 12.6. The van der Waals surface area contributed by atoms with Gasteiger partial charge in [-0.1, -0.05) is 0 Å². The molecule has 0 aromatic carbocycles. The fraction of sp³-hybridized carbons (Fsp3) is 0.900. The first-order valence-electron chi connectivity index (χ1n) is 5.23. The van der Waals surface area contributed by atoms with Gasteiger partial charge in [0.1, 0.15) is 0 Å². The molecule has 0 rings (SSSR count). The molecule has 0 aromatic heterocycles. The Labute approximate surface area is 97.9 Å². The Balaban J connectivity index is 4.07. The standard InChI is InChI=1S/C10H22N2O3S/c1-10(2,11)8-16(14,15)7-5-6-9(13)12(3)4/h5-8,11H2,1-4H3. The molecule has 0 bridgehead atoms. The van der Waals surface area contributed by atoms with Crippen LogP contribution in [0.1, 0.15) is 26.7 Å². The van der Waals surface area contributed by atoms with Gasteiger partial charge in [0.05, 0.1) is 11.5 Å². The third-order valence-corrected chi connectivity index (χ3v) is 4.03. The molecule has 0 spiro atoms. The zero-order valence-electron chi connectivity index (χ0n) is 10.5. The first kappa shape index (κ1) is 15.4. The average Bonchev–Trinajstić information content (AvgIpc) is 1.98. The lowest BCUT2D eigenvalue weighted by Gasteiger charge is -2.18. The molecule has 0 aliphatic heterocycles. The predicted molar refractivity (Wildman–Crippen MR) is 64.8 cm³/mol. The van der Waals surface area contributed by atoms with E-state index in [1.54, 1.807) is 27.9 Å². The van der Waals surface area contributed by atoms with Crippen molar-refractivity contribution in [3.05, 3.63) is 0 Å². The number of nitrogens with two attached hydrogens (primary N) is 1. The minimum Gasteiger partial charge on any atom is -0.349 e. The van der Waals surface area contributed by atoms with Crippen molar-refractivity contribution in [1.82, 2.24) is 4.90 Å². The van der Waals surface area contributed by atoms with E-state index in [-0.39, 0.29) is 23.8 Å². The summed E-state index contributed by atoms with van der Waals surface area (Å²) < 4.78 is 23.2. The van der Waals surface area contributed by atoms with Crippen molar-refractivity contribution in [1.29, 1.82) is 0 Å². The first-order valence-corrected chi connectivity index (χ1v) is 7.05. The molecule has 6 heteroatoms. The minimum absolute atomic E-state index is 0.0210. The number of hydrogen-bond donors (Lipinski definition) is 1. The van der Waals surface area contributed by atoms with Crippen molar-refractivity contribution >= 4 is 15.7 Å². The second-order valence-corrected chi connectivity index (χ2v) is 7.16. The molecule has 0 aromatic rings. The van der Waals surface area contributed by atoms with Gasteiger partial charge >= 0.3 is 0 Å². The maximum absolute atomic E-state index is 11.6. The fourth-order valence-electron chi connectivity index (χ4n) is 1.31. The second kappa shape index (κ2) is 5.63. The molecule has 0 radical (unpaired) electrons. The van der Waals surface area contributed by atoms with E-state index in [0.29, 0.717) is 6.42 Å². The molecule has 1 amide bonds. The van der Waals surface area contributed by atoms with Crippen molar-refractivity contribution in [3.63, 3.8) is 0 Å². The number of carbonyl (C=O) groups is 1. The summed E-state index contributed by atoms with van der Waals surface area (Å²) in [6.45, 7) is 3.35. The first-order chi connectivity index (χ1) is 7.03. The molecule has 0 heterocycles. The van der Waals surface area contributed by atoms with Gasteiger partial charge in [-0.05, 0) is 20.3 Å². The summed E-state index contributed by atoms with van der Waals surface area (Å²) >= 11 is 0. The van der Waals surface area contributed by atoms with Crippen LogP contribution in [0.2, 0.25) is 0 Å². The summed E-state index contributed by atoms with van der Waals surface area (Å²) in [5, 5.41) is 0. The zero-order valence-corrected chi connectivity index (χ0v) is 11.3. The Hall–Kier alpha value is -0.620. The third kappa shape index (κ3) is 7.64. The maximum atomic E-state index is 11.6. The molecule has 0 aliphatic rings. The summed E-state index contributed by atoms with van der Waals surface area (Å²) in [5.41, 5.74) is 4.93. The van der Waals surface area contributed by atoms with Crippen LogP contribution in [0, 0.1) is 0 Å². The van der Waals surface area contributed by atoms with E-state index in [1.165, 1.54) is 4.90 Å². The Morgan fingerprint density at radius 1 is 1.31 bits per heavy atom. The van der Waals surface area contributed by atoms with Crippen LogP contribution in [0.25, 0.3) is 0 Å². The van der Waals surface area contributed by atoms with Crippen molar-refractivity contribution < 1.29 is 13.2 Å².